The van der Waals surface area contributed by atoms with Crippen LogP contribution in [-0.2, 0) is 17.9 Å². The lowest BCUT2D eigenvalue weighted by molar-refractivity contribution is 0.134. The van der Waals surface area contributed by atoms with Gasteiger partial charge in [-0.2, -0.15) is 0 Å². The lowest BCUT2D eigenvalue weighted by atomic mass is 10.1. The maximum Gasteiger partial charge on any atom is 0.191 e. The molecule has 2 N–H and O–H groups in total. The molecule has 30 heavy (non-hydrogen) atoms. The molecule has 1 aliphatic heterocycles. The fourth-order valence-electron chi connectivity index (χ4n) is 3.33. The number of ether oxygens (including phenoxy) is 1. The molecule has 0 spiro atoms. The second-order valence-corrected chi connectivity index (χ2v) is 7.44. The molecule has 0 saturated carbocycles. The van der Waals surface area contributed by atoms with E-state index in [1.807, 2.05) is 19.1 Å². The minimum atomic E-state index is 0. The Balaban J connectivity index is 0.00000320. The third-order valence-corrected chi connectivity index (χ3v) is 5.12. The molecule has 1 aromatic heterocycles. The molecule has 1 atom stereocenters. The summed E-state index contributed by atoms with van der Waals surface area (Å²) >= 11 is 6.30. The Hall–Kier alpha value is -1.58. The third kappa shape index (κ3) is 7.28. The smallest absolute Gasteiger partial charge is 0.191 e. The van der Waals surface area contributed by atoms with Crippen molar-refractivity contribution in [2.45, 2.75) is 39.5 Å². The molecule has 0 amide bonds. The van der Waals surface area contributed by atoms with Crippen LogP contribution in [0.15, 0.2) is 47.6 Å². The second-order valence-electron chi connectivity index (χ2n) is 7.03. The number of nitrogens with one attached hydrogen (secondary N) is 2. The van der Waals surface area contributed by atoms with Gasteiger partial charge in [-0.15, -0.1) is 24.0 Å². The van der Waals surface area contributed by atoms with Gasteiger partial charge in [0.1, 0.15) is 5.82 Å². The minimum Gasteiger partial charge on any atom is -0.377 e. The minimum absolute atomic E-state index is 0. The highest BCUT2D eigenvalue weighted by Gasteiger charge is 2.25. The lowest BCUT2D eigenvalue weighted by Gasteiger charge is -2.20. The first kappa shape index (κ1) is 24.7. The van der Waals surface area contributed by atoms with Crippen LogP contribution in [0.4, 0.5) is 5.82 Å². The van der Waals surface area contributed by atoms with Crippen LogP contribution < -0.4 is 15.5 Å². The first-order chi connectivity index (χ1) is 14.2. The van der Waals surface area contributed by atoms with Crippen molar-refractivity contribution in [1.82, 2.24) is 15.6 Å². The second kappa shape index (κ2) is 13.0. The topological polar surface area (TPSA) is 61.8 Å². The van der Waals surface area contributed by atoms with E-state index in [1.54, 1.807) is 6.20 Å². The fourth-order valence-corrected chi connectivity index (χ4v) is 3.57. The number of benzene rings is 1. The zero-order chi connectivity index (χ0) is 20.5. The summed E-state index contributed by atoms with van der Waals surface area (Å²) < 4.78 is 5.45. The summed E-state index contributed by atoms with van der Waals surface area (Å²) in [5.41, 5.74) is 2.36. The monoisotopic (exact) mass is 543 g/mol. The van der Waals surface area contributed by atoms with E-state index in [4.69, 9.17) is 21.3 Å². The highest BCUT2D eigenvalue weighted by molar-refractivity contribution is 14.0. The number of hydrogen-bond donors (Lipinski definition) is 2. The molecule has 2 aromatic rings. The largest absolute Gasteiger partial charge is 0.377 e. The number of hydrogen-bond acceptors (Lipinski definition) is 4. The lowest BCUT2D eigenvalue weighted by Crippen LogP contribution is -2.44. The summed E-state index contributed by atoms with van der Waals surface area (Å²) in [7, 11) is 0. The Labute approximate surface area is 201 Å². The maximum absolute atomic E-state index is 6.30. The van der Waals surface area contributed by atoms with E-state index in [0.29, 0.717) is 24.2 Å². The zero-order valence-corrected chi connectivity index (χ0v) is 20.7. The van der Waals surface area contributed by atoms with Crippen LogP contribution in [-0.4, -0.2) is 43.2 Å². The van der Waals surface area contributed by atoms with Crippen LogP contribution in [0.5, 0.6) is 0 Å². The molecule has 1 aliphatic rings. The van der Waals surface area contributed by atoms with Crippen molar-refractivity contribution in [1.29, 1.82) is 0 Å². The summed E-state index contributed by atoms with van der Waals surface area (Å²) in [6, 6.07) is 12.5. The van der Waals surface area contributed by atoms with E-state index in [2.05, 4.69) is 51.7 Å². The van der Waals surface area contributed by atoms with Gasteiger partial charge >= 0.3 is 0 Å². The van der Waals surface area contributed by atoms with Crippen molar-refractivity contribution < 1.29 is 4.74 Å². The SMILES string of the molecule is CCNC(=NCc1ccc(COCC)cc1)NC1CCN(c2ncccc2Cl)C1.I. The van der Waals surface area contributed by atoms with Crippen LogP contribution in [0.3, 0.4) is 0 Å². The van der Waals surface area contributed by atoms with E-state index in [9.17, 15) is 0 Å². The average molecular weight is 544 g/mol. The van der Waals surface area contributed by atoms with Gasteiger partial charge in [-0.05, 0) is 43.5 Å². The van der Waals surface area contributed by atoms with Crippen LogP contribution in [0.25, 0.3) is 0 Å². The van der Waals surface area contributed by atoms with Crippen molar-refractivity contribution in [2.24, 2.45) is 4.99 Å². The molecule has 1 unspecified atom stereocenters. The summed E-state index contributed by atoms with van der Waals surface area (Å²) in [5, 5.41) is 7.59. The Morgan fingerprint density at radius 1 is 1.23 bits per heavy atom. The molecule has 0 bridgehead atoms. The van der Waals surface area contributed by atoms with Crippen molar-refractivity contribution in [2.75, 3.05) is 31.1 Å². The normalized spacial score (nSPS) is 16.3. The maximum atomic E-state index is 6.30. The van der Waals surface area contributed by atoms with Crippen LogP contribution >= 0.6 is 35.6 Å². The Morgan fingerprint density at radius 3 is 2.70 bits per heavy atom. The Morgan fingerprint density at radius 2 is 2.00 bits per heavy atom. The van der Waals surface area contributed by atoms with Gasteiger partial charge in [0.2, 0.25) is 0 Å². The first-order valence-electron chi connectivity index (χ1n) is 10.3. The molecule has 6 nitrogen and oxygen atoms in total. The Kier molecular flexibility index (Phi) is 10.7. The van der Waals surface area contributed by atoms with Gasteiger partial charge in [-0.1, -0.05) is 35.9 Å². The van der Waals surface area contributed by atoms with Crippen molar-refractivity contribution in [3.05, 3.63) is 58.7 Å². The number of guanidine groups is 1. The number of rotatable bonds is 8. The van der Waals surface area contributed by atoms with Gasteiger partial charge in [0, 0.05) is 38.5 Å². The predicted molar refractivity (Wildman–Crippen MR) is 135 cm³/mol. The molecule has 1 fully saturated rings. The number of aromatic nitrogens is 1. The van der Waals surface area contributed by atoms with E-state index in [0.717, 1.165) is 44.4 Å². The molecule has 1 saturated heterocycles. The quantitative estimate of drug-likeness (QED) is 0.297. The number of anilines is 1. The summed E-state index contributed by atoms with van der Waals surface area (Å²) in [4.78, 5) is 11.4. The molecule has 0 aliphatic carbocycles. The van der Waals surface area contributed by atoms with E-state index >= 15 is 0 Å². The number of aliphatic imine (C=N–C) groups is 1. The molecule has 1 aromatic carbocycles. The third-order valence-electron chi connectivity index (χ3n) is 4.83. The van der Waals surface area contributed by atoms with E-state index in [-0.39, 0.29) is 24.0 Å². The molecule has 3 rings (SSSR count). The highest BCUT2D eigenvalue weighted by atomic mass is 127. The Bertz CT molecular complexity index is 802. The van der Waals surface area contributed by atoms with E-state index < -0.39 is 0 Å². The van der Waals surface area contributed by atoms with Crippen LogP contribution in [0.2, 0.25) is 5.02 Å². The van der Waals surface area contributed by atoms with Gasteiger partial charge in [0.25, 0.3) is 0 Å². The van der Waals surface area contributed by atoms with E-state index in [1.165, 1.54) is 11.1 Å². The van der Waals surface area contributed by atoms with Gasteiger partial charge < -0.3 is 20.3 Å². The van der Waals surface area contributed by atoms with Crippen LogP contribution in [0, 0.1) is 0 Å². The molecule has 2 heterocycles. The highest BCUT2D eigenvalue weighted by Crippen LogP contribution is 2.25. The predicted octanol–water partition coefficient (Wildman–Crippen LogP) is 4.22. The summed E-state index contributed by atoms with van der Waals surface area (Å²) in [5.74, 6) is 1.69. The van der Waals surface area contributed by atoms with Gasteiger partial charge in [-0.25, -0.2) is 9.98 Å². The van der Waals surface area contributed by atoms with Crippen molar-refractivity contribution in [3.63, 3.8) is 0 Å². The summed E-state index contributed by atoms with van der Waals surface area (Å²) in [6.07, 6.45) is 2.80. The van der Waals surface area contributed by atoms with Gasteiger partial charge in [0.05, 0.1) is 18.2 Å². The molecule has 0 radical (unpaired) electrons. The van der Waals surface area contributed by atoms with Crippen LogP contribution in [0.1, 0.15) is 31.4 Å². The van der Waals surface area contributed by atoms with Gasteiger partial charge in [0.15, 0.2) is 5.96 Å². The number of pyridine rings is 1. The van der Waals surface area contributed by atoms with Crippen molar-refractivity contribution >= 4 is 47.4 Å². The first-order valence-corrected chi connectivity index (χ1v) is 10.6. The summed E-state index contributed by atoms with van der Waals surface area (Å²) in [6.45, 7) is 8.70. The van der Waals surface area contributed by atoms with Crippen molar-refractivity contribution in [3.8, 4) is 0 Å². The molecular weight excluding hydrogens is 513 g/mol. The molecule has 164 valence electrons. The van der Waals surface area contributed by atoms with Gasteiger partial charge in [-0.3, -0.25) is 0 Å². The zero-order valence-electron chi connectivity index (χ0n) is 17.6. The standard InChI is InChI=1S/C22H30ClN5O.HI/c1-3-24-22(26-14-17-7-9-18(10-8-17)16-29-4-2)27-19-11-13-28(15-19)21-20(23)6-5-12-25-21;/h5-10,12,19H,3-4,11,13-16H2,1-2H3,(H2,24,26,27);1H. The fraction of sp³-hybridized carbons (Fsp3) is 0.455. The number of halogens is 2. The number of nitrogens with zero attached hydrogens (tertiary/aromatic N) is 3. The average Bonchev–Trinajstić information content (AvgIpc) is 3.20. The molecule has 8 heteroatoms. The molecular formula is C22H31ClIN5O.